The van der Waals surface area contributed by atoms with Crippen LogP contribution in [0.5, 0.6) is 0 Å². The van der Waals surface area contributed by atoms with E-state index in [9.17, 15) is 4.79 Å². The van der Waals surface area contributed by atoms with Crippen LogP contribution >= 0.6 is 0 Å². The molecule has 0 radical (unpaired) electrons. The van der Waals surface area contributed by atoms with Crippen molar-refractivity contribution in [2.24, 2.45) is 0 Å². The third-order valence-corrected chi connectivity index (χ3v) is 2.49. The van der Waals surface area contributed by atoms with Gasteiger partial charge in [0.1, 0.15) is 0 Å². The summed E-state index contributed by atoms with van der Waals surface area (Å²) >= 11 is 0. The van der Waals surface area contributed by atoms with Gasteiger partial charge in [-0.15, -0.1) is 0 Å². The average molecular weight is 186 g/mol. The first kappa shape index (κ1) is 10.5. The Labute approximate surface area is 78.9 Å². The zero-order valence-corrected chi connectivity index (χ0v) is 8.12. The monoisotopic (exact) mass is 186 g/mol. The Hall–Kier alpha value is -0.610. The highest BCUT2D eigenvalue weighted by Crippen LogP contribution is 2.08. The maximum atomic E-state index is 10.3. The molecule has 0 aromatic heterocycles. The number of hydrogen-bond donors (Lipinski definition) is 2. The molecule has 0 amide bonds. The molecule has 4 heteroatoms. The summed E-state index contributed by atoms with van der Waals surface area (Å²) in [6.45, 7) is 5.43. The van der Waals surface area contributed by atoms with Crippen molar-refractivity contribution in [3.63, 3.8) is 0 Å². The van der Waals surface area contributed by atoms with E-state index in [4.69, 9.17) is 5.11 Å². The van der Waals surface area contributed by atoms with Crippen molar-refractivity contribution in [1.29, 1.82) is 0 Å². The number of likely N-dealkylation sites (tertiary alicyclic amines) is 1. The number of piperidine rings is 1. The maximum absolute atomic E-state index is 10.3. The lowest BCUT2D eigenvalue weighted by Gasteiger charge is -2.31. The normalized spacial score (nSPS) is 24.5. The van der Waals surface area contributed by atoms with Gasteiger partial charge in [0.2, 0.25) is 0 Å². The molecule has 0 spiro atoms. The lowest BCUT2D eigenvalue weighted by atomic mass is 10.1. The highest BCUT2D eigenvalue weighted by molar-refractivity contribution is 5.69. The summed E-state index contributed by atoms with van der Waals surface area (Å²) in [5.74, 6) is -0.770. The van der Waals surface area contributed by atoms with Gasteiger partial charge < -0.3 is 15.3 Å². The van der Waals surface area contributed by atoms with Crippen LogP contribution in [0.2, 0.25) is 0 Å². The number of likely N-dealkylation sites (N-methyl/N-ethyl adjacent to an activating group) is 1. The van der Waals surface area contributed by atoms with Crippen molar-refractivity contribution >= 4 is 5.97 Å². The Balaban J connectivity index is 2.21. The molecule has 1 rings (SSSR count). The van der Waals surface area contributed by atoms with Gasteiger partial charge in [0.05, 0.1) is 6.54 Å². The molecular formula is C9H18N2O2. The molecule has 76 valence electrons. The second-order valence-corrected chi connectivity index (χ2v) is 3.51. The van der Waals surface area contributed by atoms with Gasteiger partial charge >= 0.3 is 5.97 Å². The van der Waals surface area contributed by atoms with E-state index in [1.807, 2.05) is 0 Å². The molecule has 1 aliphatic rings. The minimum absolute atomic E-state index is 0.0855. The van der Waals surface area contributed by atoms with Crippen LogP contribution in [0.1, 0.15) is 19.8 Å². The van der Waals surface area contributed by atoms with E-state index in [1.54, 1.807) is 0 Å². The number of rotatable bonds is 4. The summed E-state index contributed by atoms with van der Waals surface area (Å²) in [6, 6.07) is 0.366. The van der Waals surface area contributed by atoms with Crippen molar-refractivity contribution in [3.05, 3.63) is 0 Å². The molecule has 13 heavy (non-hydrogen) atoms. The van der Waals surface area contributed by atoms with Gasteiger partial charge in [0.25, 0.3) is 0 Å². The Morgan fingerprint density at radius 1 is 1.69 bits per heavy atom. The predicted molar refractivity (Wildman–Crippen MR) is 50.8 cm³/mol. The summed E-state index contributed by atoms with van der Waals surface area (Å²) in [5.41, 5.74) is 0. The molecule has 1 atom stereocenters. The third kappa shape index (κ3) is 3.74. The molecule has 0 saturated carbocycles. The quantitative estimate of drug-likeness (QED) is 0.656. The molecule has 1 aliphatic heterocycles. The summed E-state index contributed by atoms with van der Waals surface area (Å²) < 4.78 is 0. The van der Waals surface area contributed by atoms with E-state index in [0.29, 0.717) is 6.04 Å². The fourth-order valence-electron chi connectivity index (χ4n) is 1.74. The van der Waals surface area contributed by atoms with E-state index < -0.39 is 5.97 Å². The SMILES string of the molecule is CCN1CCCC(NCC(=O)O)C1. The highest BCUT2D eigenvalue weighted by Gasteiger charge is 2.18. The van der Waals surface area contributed by atoms with Gasteiger partial charge in [-0.25, -0.2) is 0 Å². The van der Waals surface area contributed by atoms with Crippen LogP contribution in [-0.4, -0.2) is 48.2 Å². The minimum atomic E-state index is -0.770. The second kappa shape index (κ2) is 5.19. The van der Waals surface area contributed by atoms with Gasteiger partial charge in [-0.3, -0.25) is 4.79 Å². The predicted octanol–water partition coefficient (Wildman–Crippen LogP) is 0.145. The molecule has 0 aliphatic carbocycles. The molecule has 0 aromatic carbocycles. The summed E-state index contributed by atoms with van der Waals surface area (Å²) in [7, 11) is 0. The Bertz CT molecular complexity index is 173. The lowest BCUT2D eigenvalue weighted by Crippen LogP contribution is -2.46. The van der Waals surface area contributed by atoms with Crippen LogP contribution in [0.3, 0.4) is 0 Å². The minimum Gasteiger partial charge on any atom is -0.480 e. The van der Waals surface area contributed by atoms with Crippen LogP contribution in [0.15, 0.2) is 0 Å². The molecule has 2 N–H and O–H groups in total. The molecule has 1 unspecified atom stereocenters. The van der Waals surface area contributed by atoms with Crippen LogP contribution in [0.25, 0.3) is 0 Å². The molecular weight excluding hydrogens is 168 g/mol. The summed E-state index contributed by atoms with van der Waals surface area (Å²) in [4.78, 5) is 12.7. The zero-order chi connectivity index (χ0) is 9.68. The first-order valence-electron chi connectivity index (χ1n) is 4.90. The van der Waals surface area contributed by atoms with Crippen molar-refractivity contribution in [2.75, 3.05) is 26.2 Å². The smallest absolute Gasteiger partial charge is 0.317 e. The van der Waals surface area contributed by atoms with Crippen LogP contribution in [-0.2, 0) is 4.79 Å². The Morgan fingerprint density at radius 3 is 3.08 bits per heavy atom. The maximum Gasteiger partial charge on any atom is 0.317 e. The number of hydrogen-bond acceptors (Lipinski definition) is 3. The lowest BCUT2D eigenvalue weighted by molar-refractivity contribution is -0.136. The second-order valence-electron chi connectivity index (χ2n) is 3.51. The molecule has 4 nitrogen and oxygen atoms in total. The third-order valence-electron chi connectivity index (χ3n) is 2.49. The van der Waals surface area contributed by atoms with Gasteiger partial charge in [-0.1, -0.05) is 6.92 Å². The first-order valence-corrected chi connectivity index (χ1v) is 4.90. The first-order chi connectivity index (χ1) is 6.22. The van der Waals surface area contributed by atoms with Crippen LogP contribution in [0, 0.1) is 0 Å². The van der Waals surface area contributed by atoms with E-state index in [1.165, 1.54) is 6.42 Å². The van der Waals surface area contributed by atoms with E-state index in [0.717, 1.165) is 26.1 Å². The molecule has 1 heterocycles. The number of carboxylic acid groups (broad SMARTS) is 1. The largest absolute Gasteiger partial charge is 0.480 e. The van der Waals surface area contributed by atoms with Gasteiger partial charge in [-0.2, -0.15) is 0 Å². The fraction of sp³-hybridized carbons (Fsp3) is 0.889. The standard InChI is InChI=1S/C9H18N2O2/c1-2-11-5-3-4-8(7-11)10-6-9(12)13/h8,10H,2-7H2,1H3,(H,12,13). The number of carboxylic acids is 1. The summed E-state index contributed by atoms with van der Waals surface area (Å²) in [5, 5.41) is 11.5. The van der Waals surface area contributed by atoms with Crippen molar-refractivity contribution in [3.8, 4) is 0 Å². The number of nitrogens with zero attached hydrogens (tertiary/aromatic N) is 1. The number of nitrogens with one attached hydrogen (secondary N) is 1. The van der Waals surface area contributed by atoms with E-state index in [2.05, 4.69) is 17.1 Å². The average Bonchev–Trinajstić information content (AvgIpc) is 2.15. The van der Waals surface area contributed by atoms with E-state index in [-0.39, 0.29) is 6.54 Å². The molecule has 0 aromatic rings. The Kier molecular flexibility index (Phi) is 4.18. The highest BCUT2D eigenvalue weighted by atomic mass is 16.4. The van der Waals surface area contributed by atoms with Gasteiger partial charge in [0.15, 0.2) is 0 Å². The molecule has 1 saturated heterocycles. The summed E-state index contributed by atoms with van der Waals surface area (Å²) in [6.07, 6.45) is 2.27. The topological polar surface area (TPSA) is 52.6 Å². The number of aliphatic carboxylic acids is 1. The van der Waals surface area contributed by atoms with Crippen LogP contribution < -0.4 is 5.32 Å². The Morgan fingerprint density at radius 2 is 2.46 bits per heavy atom. The molecule has 1 fully saturated rings. The van der Waals surface area contributed by atoms with Crippen molar-refractivity contribution in [2.45, 2.75) is 25.8 Å². The fourth-order valence-corrected chi connectivity index (χ4v) is 1.74. The number of carbonyl (C=O) groups is 1. The van der Waals surface area contributed by atoms with Gasteiger partial charge in [0, 0.05) is 12.6 Å². The molecule has 0 bridgehead atoms. The van der Waals surface area contributed by atoms with E-state index >= 15 is 0 Å². The zero-order valence-electron chi connectivity index (χ0n) is 8.12. The van der Waals surface area contributed by atoms with Crippen LogP contribution in [0.4, 0.5) is 0 Å². The van der Waals surface area contributed by atoms with Crippen molar-refractivity contribution in [1.82, 2.24) is 10.2 Å². The van der Waals surface area contributed by atoms with Crippen molar-refractivity contribution < 1.29 is 9.90 Å². The van der Waals surface area contributed by atoms with Gasteiger partial charge in [-0.05, 0) is 25.9 Å².